The van der Waals surface area contributed by atoms with Gasteiger partial charge in [0.2, 0.25) is 5.91 Å². The van der Waals surface area contributed by atoms with E-state index in [2.05, 4.69) is 21.2 Å². The zero-order chi connectivity index (χ0) is 9.68. The van der Waals surface area contributed by atoms with Crippen molar-refractivity contribution in [3.8, 4) is 0 Å². The molecule has 4 heteroatoms. The minimum absolute atomic E-state index is 0.0285. The Labute approximate surface area is 85.6 Å². The Hall–Kier alpha value is -0.770. The number of hydrogen-bond acceptors (Lipinski definition) is 2. The highest BCUT2D eigenvalue weighted by atomic mass is 79.9. The number of alkyl halides is 1. The van der Waals surface area contributed by atoms with Crippen LogP contribution in [0.3, 0.4) is 0 Å². The van der Waals surface area contributed by atoms with Crippen molar-refractivity contribution < 1.29 is 9.21 Å². The summed E-state index contributed by atoms with van der Waals surface area (Å²) >= 11 is 3.20. The first-order valence-electron chi connectivity index (χ1n) is 4.12. The van der Waals surface area contributed by atoms with Crippen LogP contribution in [0.25, 0.3) is 0 Å². The molecule has 13 heavy (non-hydrogen) atoms. The maximum atomic E-state index is 11.2. The van der Waals surface area contributed by atoms with Crippen molar-refractivity contribution in [1.82, 2.24) is 5.32 Å². The molecule has 1 aromatic heterocycles. The van der Waals surface area contributed by atoms with Crippen molar-refractivity contribution in [3.63, 3.8) is 0 Å². The normalized spacial score (nSPS) is 12.5. The van der Waals surface area contributed by atoms with Crippen LogP contribution >= 0.6 is 15.9 Å². The Bertz CT molecular complexity index is 259. The van der Waals surface area contributed by atoms with Crippen molar-refractivity contribution in [1.29, 1.82) is 0 Å². The van der Waals surface area contributed by atoms with Crippen molar-refractivity contribution in [2.24, 2.45) is 0 Å². The summed E-state index contributed by atoms with van der Waals surface area (Å²) in [5.74, 6) is 0.809. The molecule has 1 N–H and O–H groups in total. The standard InChI is InChI=1S/C9H12BrNO2/c1-7(8-3-2-6-13-8)11-9(12)4-5-10/h2-3,6-7H,4-5H2,1H3,(H,11,12). The Morgan fingerprint density at radius 3 is 3.08 bits per heavy atom. The number of carbonyl (C=O) groups is 1. The van der Waals surface area contributed by atoms with E-state index < -0.39 is 0 Å². The van der Waals surface area contributed by atoms with E-state index in [1.165, 1.54) is 0 Å². The monoisotopic (exact) mass is 245 g/mol. The molecular formula is C9H12BrNO2. The maximum absolute atomic E-state index is 11.2. The van der Waals surface area contributed by atoms with E-state index in [1.807, 2.05) is 19.1 Å². The Balaban J connectivity index is 2.42. The summed E-state index contributed by atoms with van der Waals surface area (Å²) in [4.78, 5) is 11.2. The summed E-state index contributed by atoms with van der Waals surface area (Å²) in [6, 6.07) is 3.60. The van der Waals surface area contributed by atoms with Gasteiger partial charge in [0.25, 0.3) is 0 Å². The third kappa shape index (κ3) is 3.22. The number of hydrogen-bond donors (Lipinski definition) is 1. The molecule has 3 nitrogen and oxygen atoms in total. The van der Waals surface area contributed by atoms with E-state index in [0.717, 1.165) is 5.76 Å². The molecule has 0 fully saturated rings. The highest BCUT2D eigenvalue weighted by Gasteiger charge is 2.10. The Morgan fingerprint density at radius 2 is 2.54 bits per heavy atom. The predicted octanol–water partition coefficient (Wildman–Crippen LogP) is 2.24. The van der Waals surface area contributed by atoms with E-state index in [4.69, 9.17) is 4.42 Å². The molecule has 0 aromatic carbocycles. The molecule has 1 amide bonds. The molecule has 1 heterocycles. The molecule has 0 aliphatic carbocycles. The average molecular weight is 246 g/mol. The lowest BCUT2D eigenvalue weighted by Gasteiger charge is -2.10. The predicted molar refractivity (Wildman–Crippen MR) is 53.7 cm³/mol. The topological polar surface area (TPSA) is 42.2 Å². The summed E-state index contributed by atoms with van der Waals surface area (Å²) in [6.45, 7) is 1.89. The third-order valence-electron chi connectivity index (χ3n) is 1.67. The Kier molecular flexibility index (Phi) is 4.02. The first kappa shape index (κ1) is 10.3. The molecule has 1 unspecified atom stereocenters. The first-order valence-corrected chi connectivity index (χ1v) is 5.25. The molecule has 0 aliphatic heterocycles. The van der Waals surface area contributed by atoms with Crippen LogP contribution in [0.2, 0.25) is 0 Å². The SMILES string of the molecule is CC(NC(=O)CCBr)c1ccco1. The second-order valence-electron chi connectivity index (χ2n) is 2.74. The van der Waals surface area contributed by atoms with Gasteiger partial charge in [-0.1, -0.05) is 15.9 Å². The second-order valence-corrected chi connectivity index (χ2v) is 3.54. The van der Waals surface area contributed by atoms with E-state index >= 15 is 0 Å². The van der Waals surface area contributed by atoms with Crippen LogP contribution in [0.4, 0.5) is 0 Å². The van der Waals surface area contributed by atoms with E-state index in [0.29, 0.717) is 11.8 Å². The highest BCUT2D eigenvalue weighted by Crippen LogP contribution is 2.12. The van der Waals surface area contributed by atoms with Gasteiger partial charge in [-0.3, -0.25) is 4.79 Å². The van der Waals surface area contributed by atoms with Gasteiger partial charge in [0.05, 0.1) is 12.3 Å². The molecule has 1 atom stereocenters. The van der Waals surface area contributed by atoms with Crippen LogP contribution in [-0.4, -0.2) is 11.2 Å². The zero-order valence-corrected chi connectivity index (χ0v) is 9.00. The van der Waals surface area contributed by atoms with Gasteiger partial charge in [-0.05, 0) is 19.1 Å². The van der Waals surface area contributed by atoms with Gasteiger partial charge < -0.3 is 9.73 Å². The molecule has 0 radical (unpaired) electrons. The quantitative estimate of drug-likeness (QED) is 0.828. The van der Waals surface area contributed by atoms with Crippen LogP contribution in [0.1, 0.15) is 25.1 Å². The van der Waals surface area contributed by atoms with Gasteiger partial charge in [0, 0.05) is 11.8 Å². The summed E-state index contributed by atoms with van der Waals surface area (Å²) in [7, 11) is 0. The van der Waals surface area contributed by atoms with E-state index in [9.17, 15) is 4.79 Å². The molecular weight excluding hydrogens is 234 g/mol. The van der Waals surface area contributed by atoms with Gasteiger partial charge >= 0.3 is 0 Å². The molecule has 0 saturated carbocycles. The number of amides is 1. The maximum Gasteiger partial charge on any atom is 0.221 e. The van der Waals surface area contributed by atoms with Crippen LogP contribution in [0.15, 0.2) is 22.8 Å². The molecule has 1 rings (SSSR count). The van der Waals surface area contributed by atoms with Gasteiger partial charge in [-0.25, -0.2) is 0 Å². The first-order chi connectivity index (χ1) is 6.24. The van der Waals surface area contributed by atoms with Gasteiger partial charge in [-0.15, -0.1) is 0 Å². The lowest BCUT2D eigenvalue weighted by molar-refractivity contribution is -0.121. The van der Waals surface area contributed by atoms with Crippen LogP contribution < -0.4 is 5.32 Å². The van der Waals surface area contributed by atoms with E-state index in [-0.39, 0.29) is 11.9 Å². The summed E-state index contributed by atoms with van der Waals surface area (Å²) in [5, 5.41) is 3.50. The van der Waals surface area contributed by atoms with Crippen molar-refractivity contribution in [2.75, 3.05) is 5.33 Å². The second kappa shape index (κ2) is 5.07. The molecule has 72 valence electrons. The lowest BCUT2D eigenvalue weighted by atomic mass is 10.2. The molecule has 1 aromatic rings. The minimum Gasteiger partial charge on any atom is -0.467 e. The fourth-order valence-corrected chi connectivity index (χ4v) is 1.37. The smallest absolute Gasteiger partial charge is 0.221 e. The van der Waals surface area contributed by atoms with Gasteiger partial charge in [-0.2, -0.15) is 0 Å². The van der Waals surface area contributed by atoms with Gasteiger partial charge in [0.1, 0.15) is 5.76 Å². The van der Waals surface area contributed by atoms with Crippen molar-refractivity contribution >= 4 is 21.8 Å². The fraction of sp³-hybridized carbons (Fsp3) is 0.444. The number of furan rings is 1. The average Bonchev–Trinajstić information content (AvgIpc) is 2.55. The summed E-state index contributed by atoms with van der Waals surface area (Å²) < 4.78 is 5.15. The largest absolute Gasteiger partial charge is 0.467 e. The molecule has 0 saturated heterocycles. The number of rotatable bonds is 4. The zero-order valence-electron chi connectivity index (χ0n) is 7.42. The molecule has 0 aliphatic rings. The van der Waals surface area contributed by atoms with Gasteiger partial charge in [0.15, 0.2) is 0 Å². The van der Waals surface area contributed by atoms with E-state index in [1.54, 1.807) is 6.26 Å². The number of carbonyl (C=O) groups excluding carboxylic acids is 1. The molecule has 0 bridgehead atoms. The molecule has 0 spiro atoms. The van der Waals surface area contributed by atoms with Crippen molar-refractivity contribution in [2.45, 2.75) is 19.4 Å². The van der Waals surface area contributed by atoms with Crippen molar-refractivity contribution in [3.05, 3.63) is 24.2 Å². The van der Waals surface area contributed by atoms with Crippen LogP contribution in [-0.2, 0) is 4.79 Å². The van der Waals surface area contributed by atoms with Crippen LogP contribution in [0.5, 0.6) is 0 Å². The summed E-state index contributed by atoms with van der Waals surface area (Å²) in [6.07, 6.45) is 2.09. The lowest BCUT2D eigenvalue weighted by Crippen LogP contribution is -2.26. The summed E-state index contributed by atoms with van der Waals surface area (Å²) in [5.41, 5.74) is 0. The van der Waals surface area contributed by atoms with Crippen LogP contribution in [0, 0.1) is 0 Å². The number of halogens is 1. The Morgan fingerprint density at radius 1 is 1.77 bits per heavy atom. The highest BCUT2D eigenvalue weighted by molar-refractivity contribution is 9.09. The third-order valence-corrected chi connectivity index (χ3v) is 2.07. The fourth-order valence-electron chi connectivity index (χ4n) is 1.01. The number of nitrogens with one attached hydrogen (secondary N) is 1. The minimum atomic E-state index is -0.0541.